The van der Waals surface area contributed by atoms with Crippen LogP contribution in [-0.2, 0) is 6.42 Å². The number of benzene rings is 1. The van der Waals surface area contributed by atoms with Gasteiger partial charge in [0.1, 0.15) is 16.6 Å². The molecule has 1 aromatic carbocycles. The Hall–Kier alpha value is -2.14. The molecule has 0 aliphatic heterocycles. The summed E-state index contributed by atoms with van der Waals surface area (Å²) in [5, 5.41) is 3.26. The Morgan fingerprint density at radius 3 is 2.80 bits per heavy atom. The molecule has 0 radical (unpaired) electrons. The van der Waals surface area contributed by atoms with E-state index in [4.69, 9.17) is 22.7 Å². The second-order valence-electron chi connectivity index (χ2n) is 4.26. The average molecular weight is 287 g/mol. The molecule has 5 heteroatoms. The molecule has 1 heterocycles. The second kappa shape index (κ2) is 6.86. The summed E-state index contributed by atoms with van der Waals surface area (Å²) in [6.45, 7) is 0.758. The molecule has 3 N–H and O–H groups in total. The summed E-state index contributed by atoms with van der Waals surface area (Å²) in [5.41, 5.74) is 7.35. The van der Waals surface area contributed by atoms with Crippen molar-refractivity contribution >= 4 is 23.0 Å². The highest BCUT2D eigenvalue weighted by molar-refractivity contribution is 7.80. The van der Waals surface area contributed by atoms with E-state index in [1.807, 2.05) is 30.3 Å². The van der Waals surface area contributed by atoms with E-state index in [2.05, 4.69) is 16.4 Å². The van der Waals surface area contributed by atoms with Gasteiger partial charge >= 0.3 is 0 Å². The van der Waals surface area contributed by atoms with Crippen LogP contribution in [0.2, 0.25) is 0 Å². The standard InChI is InChI=1S/C15H17N3OS/c1-19-13-7-3-2-5-11(13)9-10-17-14-8-4-6-12(18-14)15(16)20/h2-8H,9-10H2,1H3,(H2,16,20)(H,17,18). The van der Waals surface area contributed by atoms with Crippen LogP contribution in [0.15, 0.2) is 42.5 Å². The number of hydrogen-bond acceptors (Lipinski definition) is 4. The molecule has 4 nitrogen and oxygen atoms in total. The summed E-state index contributed by atoms with van der Waals surface area (Å²) < 4.78 is 5.32. The summed E-state index contributed by atoms with van der Waals surface area (Å²) in [5.74, 6) is 1.67. The molecule has 0 atom stereocenters. The molecular weight excluding hydrogens is 270 g/mol. The predicted octanol–water partition coefficient (Wildman–Crippen LogP) is 2.38. The molecule has 0 aliphatic rings. The zero-order valence-corrected chi connectivity index (χ0v) is 12.1. The maximum absolute atomic E-state index is 5.56. The van der Waals surface area contributed by atoms with Crippen molar-refractivity contribution in [2.45, 2.75) is 6.42 Å². The van der Waals surface area contributed by atoms with Gasteiger partial charge in [0.25, 0.3) is 0 Å². The lowest BCUT2D eigenvalue weighted by molar-refractivity contribution is 0.410. The van der Waals surface area contributed by atoms with E-state index in [0.717, 1.165) is 30.1 Å². The van der Waals surface area contributed by atoms with Crippen molar-refractivity contribution < 1.29 is 4.74 Å². The smallest absolute Gasteiger partial charge is 0.126 e. The van der Waals surface area contributed by atoms with Gasteiger partial charge in [0.15, 0.2) is 0 Å². The fraction of sp³-hybridized carbons (Fsp3) is 0.200. The molecule has 2 rings (SSSR count). The van der Waals surface area contributed by atoms with Gasteiger partial charge in [0.05, 0.1) is 12.8 Å². The third-order valence-electron chi connectivity index (χ3n) is 2.89. The summed E-state index contributed by atoms with van der Waals surface area (Å²) in [6.07, 6.45) is 0.850. The molecule has 0 fully saturated rings. The lowest BCUT2D eigenvalue weighted by atomic mass is 10.1. The molecule has 0 saturated heterocycles. The minimum absolute atomic E-state index is 0.304. The lowest BCUT2D eigenvalue weighted by Crippen LogP contribution is -2.13. The molecule has 0 unspecified atom stereocenters. The molecule has 20 heavy (non-hydrogen) atoms. The lowest BCUT2D eigenvalue weighted by Gasteiger charge is -2.10. The number of anilines is 1. The van der Waals surface area contributed by atoms with E-state index >= 15 is 0 Å². The largest absolute Gasteiger partial charge is 0.496 e. The number of nitrogens with one attached hydrogen (secondary N) is 1. The fourth-order valence-electron chi connectivity index (χ4n) is 1.91. The number of para-hydroxylation sites is 1. The molecule has 0 saturated carbocycles. The van der Waals surface area contributed by atoms with Crippen molar-refractivity contribution in [3.05, 3.63) is 53.7 Å². The van der Waals surface area contributed by atoms with Gasteiger partial charge in [0, 0.05) is 6.54 Å². The van der Waals surface area contributed by atoms with Crippen molar-refractivity contribution in [3.8, 4) is 5.75 Å². The predicted molar refractivity (Wildman–Crippen MR) is 85.3 cm³/mol. The van der Waals surface area contributed by atoms with Gasteiger partial charge in [-0.25, -0.2) is 4.98 Å². The van der Waals surface area contributed by atoms with Crippen LogP contribution in [0, 0.1) is 0 Å². The van der Waals surface area contributed by atoms with E-state index < -0.39 is 0 Å². The quantitative estimate of drug-likeness (QED) is 0.799. The van der Waals surface area contributed by atoms with E-state index in [-0.39, 0.29) is 0 Å². The number of aromatic nitrogens is 1. The monoisotopic (exact) mass is 287 g/mol. The summed E-state index contributed by atoms with van der Waals surface area (Å²) in [7, 11) is 1.68. The molecule has 0 bridgehead atoms. The second-order valence-corrected chi connectivity index (χ2v) is 4.70. The van der Waals surface area contributed by atoms with Gasteiger partial charge in [-0.2, -0.15) is 0 Å². The maximum atomic E-state index is 5.56. The van der Waals surface area contributed by atoms with Crippen LogP contribution in [0.4, 0.5) is 5.82 Å². The first kappa shape index (κ1) is 14.3. The van der Waals surface area contributed by atoms with Crippen LogP contribution < -0.4 is 15.8 Å². The van der Waals surface area contributed by atoms with Gasteiger partial charge in [-0.15, -0.1) is 0 Å². The molecule has 0 aliphatic carbocycles. The normalized spacial score (nSPS) is 10.1. The van der Waals surface area contributed by atoms with Gasteiger partial charge in [-0.05, 0) is 30.2 Å². The Bertz CT molecular complexity index is 601. The van der Waals surface area contributed by atoms with Crippen molar-refractivity contribution in [2.75, 3.05) is 19.0 Å². The summed E-state index contributed by atoms with van der Waals surface area (Å²) in [6, 6.07) is 13.6. The molecular formula is C15H17N3OS. The number of ether oxygens (including phenoxy) is 1. The Kier molecular flexibility index (Phi) is 4.90. The van der Waals surface area contributed by atoms with Crippen molar-refractivity contribution in [2.24, 2.45) is 5.73 Å². The van der Waals surface area contributed by atoms with Crippen molar-refractivity contribution in [1.82, 2.24) is 4.98 Å². The topological polar surface area (TPSA) is 60.2 Å². The van der Waals surface area contributed by atoms with Gasteiger partial charge < -0.3 is 15.8 Å². The van der Waals surface area contributed by atoms with Crippen LogP contribution in [0.1, 0.15) is 11.3 Å². The van der Waals surface area contributed by atoms with Crippen molar-refractivity contribution in [1.29, 1.82) is 0 Å². The minimum atomic E-state index is 0.304. The Labute approximate surface area is 124 Å². The molecule has 0 amide bonds. The Balaban J connectivity index is 1.96. The van der Waals surface area contributed by atoms with Crippen LogP contribution >= 0.6 is 12.2 Å². The number of hydrogen-bond donors (Lipinski definition) is 2. The maximum Gasteiger partial charge on any atom is 0.126 e. The highest BCUT2D eigenvalue weighted by atomic mass is 32.1. The number of nitrogens with two attached hydrogens (primary N) is 1. The Morgan fingerprint density at radius 2 is 2.05 bits per heavy atom. The first-order valence-corrected chi connectivity index (χ1v) is 6.74. The first-order valence-electron chi connectivity index (χ1n) is 6.33. The van der Waals surface area contributed by atoms with E-state index in [1.54, 1.807) is 13.2 Å². The van der Waals surface area contributed by atoms with E-state index in [9.17, 15) is 0 Å². The van der Waals surface area contributed by atoms with Gasteiger partial charge in [-0.3, -0.25) is 0 Å². The molecule has 1 aromatic heterocycles. The Morgan fingerprint density at radius 1 is 1.25 bits per heavy atom. The van der Waals surface area contributed by atoms with Crippen LogP contribution in [0.3, 0.4) is 0 Å². The zero-order chi connectivity index (χ0) is 14.4. The van der Waals surface area contributed by atoms with E-state index in [0.29, 0.717) is 10.7 Å². The van der Waals surface area contributed by atoms with Gasteiger partial charge in [-0.1, -0.05) is 36.5 Å². The summed E-state index contributed by atoms with van der Waals surface area (Å²) in [4.78, 5) is 4.64. The third kappa shape index (κ3) is 3.68. The number of pyridine rings is 1. The molecule has 2 aromatic rings. The van der Waals surface area contributed by atoms with Crippen LogP contribution in [-0.4, -0.2) is 23.6 Å². The van der Waals surface area contributed by atoms with E-state index in [1.165, 1.54) is 0 Å². The van der Waals surface area contributed by atoms with Crippen molar-refractivity contribution in [3.63, 3.8) is 0 Å². The number of nitrogens with zero attached hydrogens (tertiary/aromatic N) is 1. The zero-order valence-electron chi connectivity index (χ0n) is 11.3. The number of thiocarbonyl (C=S) groups is 1. The molecule has 0 spiro atoms. The van der Waals surface area contributed by atoms with Gasteiger partial charge in [0.2, 0.25) is 0 Å². The SMILES string of the molecule is COc1ccccc1CCNc1cccc(C(N)=S)n1. The minimum Gasteiger partial charge on any atom is -0.496 e. The van der Waals surface area contributed by atoms with Crippen LogP contribution in [0.25, 0.3) is 0 Å². The molecule has 104 valence electrons. The third-order valence-corrected chi connectivity index (χ3v) is 3.10. The fourth-order valence-corrected chi connectivity index (χ4v) is 2.02. The summed E-state index contributed by atoms with van der Waals surface area (Å²) >= 11 is 4.91. The highest BCUT2D eigenvalue weighted by Crippen LogP contribution is 2.17. The highest BCUT2D eigenvalue weighted by Gasteiger charge is 2.02. The number of methoxy groups -OCH3 is 1. The first-order chi connectivity index (χ1) is 9.70. The number of rotatable bonds is 6. The van der Waals surface area contributed by atoms with Crippen LogP contribution in [0.5, 0.6) is 5.75 Å². The average Bonchev–Trinajstić information content (AvgIpc) is 2.48.